The van der Waals surface area contributed by atoms with Crippen LogP contribution in [0.5, 0.6) is 5.75 Å². The van der Waals surface area contributed by atoms with Crippen LogP contribution in [0.4, 0.5) is 13.2 Å². The molecule has 0 aliphatic rings. The van der Waals surface area contributed by atoms with E-state index < -0.39 is 17.7 Å². The first-order valence-electron chi connectivity index (χ1n) is 8.92. The molecule has 0 aliphatic carbocycles. The highest BCUT2D eigenvalue weighted by atomic mass is 32.2. The Kier molecular flexibility index (Phi) is 6.35. The Hall–Kier alpha value is -3.01. The van der Waals surface area contributed by atoms with Crippen molar-refractivity contribution in [1.29, 1.82) is 0 Å². The first-order chi connectivity index (χ1) is 14.2. The van der Waals surface area contributed by atoms with Gasteiger partial charge in [-0.25, -0.2) is 4.79 Å². The maximum atomic E-state index is 12.8. The van der Waals surface area contributed by atoms with E-state index in [-0.39, 0.29) is 29.5 Å². The smallest absolute Gasteiger partial charge is 0.416 e. The van der Waals surface area contributed by atoms with Gasteiger partial charge in [-0.3, -0.25) is 0 Å². The van der Waals surface area contributed by atoms with E-state index in [2.05, 4.69) is 10.2 Å². The predicted octanol–water partition coefficient (Wildman–Crippen LogP) is 4.77. The van der Waals surface area contributed by atoms with E-state index in [9.17, 15) is 23.1 Å². The number of esters is 1. The molecule has 30 heavy (non-hydrogen) atoms. The van der Waals surface area contributed by atoms with Crippen molar-refractivity contribution in [2.24, 2.45) is 0 Å². The minimum Gasteiger partial charge on any atom is -0.508 e. The highest BCUT2D eigenvalue weighted by Crippen LogP contribution is 2.30. The molecule has 0 fully saturated rings. The third kappa shape index (κ3) is 4.93. The molecule has 0 spiro atoms. The highest BCUT2D eigenvalue weighted by Gasteiger charge is 2.30. The zero-order valence-electron chi connectivity index (χ0n) is 16.1. The SMILES string of the molecule is CCOC(=O)c1nn(-c2ccc(C(F)(F)F)cc2)nc1CSc1ccc(O)c(C)c1. The monoisotopic (exact) mass is 437 g/mol. The maximum Gasteiger partial charge on any atom is 0.416 e. The largest absolute Gasteiger partial charge is 0.508 e. The third-order valence-electron chi connectivity index (χ3n) is 4.12. The van der Waals surface area contributed by atoms with Crippen LogP contribution in [0.2, 0.25) is 0 Å². The number of carbonyl (C=O) groups is 1. The van der Waals surface area contributed by atoms with Gasteiger partial charge in [0.2, 0.25) is 0 Å². The number of halogens is 3. The second kappa shape index (κ2) is 8.78. The summed E-state index contributed by atoms with van der Waals surface area (Å²) < 4.78 is 43.4. The molecule has 6 nitrogen and oxygen atoms in total. The van der Waals surface area contributed by atoms with Crippen LogP contribution in [-0.4, -0.2) is 32.7 Å². The highest BCUT2D eigenvalue weighted by molar-refractivity contribution is 7.98. The van der Waals surface area contributed by atoms with E-state index >= 15 is 0 Å². The summed E-state index contributed by atoms with van der Waals surface area (Å²) in [4.78, 5) is 14.2. The molecule has 0 saturated carbocycles. The zero-order chi connectivity index (χ0) is 21.9. The molecule has 0 radical (unpaired) electrons. The fourth-order valence-electron chi connectivity index (χ4n) is 2.56. The van der Waals surface area contributed by atoms with Crippen molar-refractivity contribution >= 4 is 17.7 Å². The average molecular weight is 437 g/mol. The van der Waals surface area contributed by atoms with Crippen LogP contribution in [0.15, 0.2) is 47.4 Å². The van der Waals surface area contributed by atoms with Crippen LogP contribution in [0.3, 0.4) is 0 Å². The number of alkyl halides is 3. The fraction of sp³-hybridized carbons (Fsp3) is 0.250. The molecule has 1 aromatic heterocycles. The summed E-state index contributed by atoms with van der Waals surface area (Å²) in [5.74, 6) is -0.202. The number of carbonyl (C=O) groups excluding carboxylic acids is 1. The van der Waals surface area contributed by atoms with Crippen LogP contribution >= 0.6 is 11.8 Å². The first-order valence-corrected chi connectivity index (χ1v) is 9.91. The van der Waals surface area contributed by atoms with Crippen molar-refractivity contribution in [2.75, 3.05) is 6.61 Å². The quantitative estimate of drug-likeness (QED) is 0.442. The van der Waals surface area contributed by atoms with Crippen molar-refractivity contribution in [3.05, 3.63) is 65.0 Å². The number of phenols is 1. The molecular weight excluding hydrogens is 419 g/mol. The van der Waals surface area contributed by atoms with Crippen LogP contribution < -0.4 is 0 Å². The molecule has 0 amide bonds. The van der Waals surface area contributed by atoms with E-state index in [1.807, 2.05) is 0 Å². The lowest BCUT2D eigenvalue weighted by atomic mass is 10.2. The minimum atomic E-state index is -4.45. The van der Waals surface area contributed by atoms with E-state index in [0.29, 0.717) is 11.3 Å². The lowest BCUT2D eigenvalue weighted by molar-refractivity contribution is -0.137. The second-order valence-corrected chi connectivity index (χ2v) is 7.34. The number of benzene rings is 2. The number of hydrogen-bond donors (Lipinski definition) is 1. The van der Waals surface area contributed by atoms with Crippen LogP contribution in [0.1, 0.15) is 34.2 Å². The maximum absolute atomic E-state index is 12.8. The van der Waals surface area contributed by atoms with Gasteiger partial charge in [-0.05, 0) is 61.9 Å². The molecule has 2 aromatic carbocycles. The number of aromatic nitrogens is 3. The normalized spacial score (nSPS) is 11.5. The number of hydrogen-bond acceptors (Lipinski definition) is 6. The average Bonchev–Trinajstić information content (AvgIpc) is 3.13. The lowest BCUT2D eigenvalue weighted by Crippen LogP contribution is -2.09. The van der Waals surface area contributed by atoms with Crippen LogP contribution in [0, 0.1) is 6.92 Å². The Morgan fingerprint density at radius 3 is 2.47 bits per heavy atom. The summed E-state index contributed by atoms with van der Waals surface area (Å²) in [6.45, 7) is 3.58. The summed E-state index contributed by atoms with van der Waals surface area (Å²) in [5, 5.41) is 18.1. The van der Waals surface area contributed by atoms with Crippen molar-refractivity contribution in [2.45, 2.75) is 30.7 Å². The Labute approximate surface area is 174 Å². The summed E-state index contributed by atoms with van der Waals surface area (Å²) in [6.07, 6.45) is -4.45. The van der Waals surface area contributed by atoms with Gasteiger partial charge in [0.05, 0.1) is 17.9 Å². The molecule has 158 valence electrons. The van der Waals surface area contributed by atoms with Crippen molar-refractivity contribution in [3.63, 3.8) is 0 Å². The molecule has 0 bridgehead atoms. The molecule has 0 atom stereocenters. The number of aryl methyl sites for hydroxylation is 1. The summed E-state index contributed by atoms with van der Waals surface area (Å²) in [6, 6.07) is 9.42. The topological polar surface area (TPSA) is 77.2 Å². The van der Waals surface area contributed by atoms with Gasteiger partial charge in [-0.1, -0.05) is 0 Å². The molecular formula is C20H18F3N3O3S. The Bertz CT molecular complexity index is 1050. The van der Waals surface area contributed by atoms with Gasteiger partial charge in [0.25, 0.3) is 0 Å². The van der Waals surface area contributed by atoms with E-state index in [1.165, 1.54) is 23.9 Å². The van der Waals surface area contributed by atoms with E-state index in [0.717, 1.165) is 21.8 Å². The lowest BCUT2D eigenvalue weighted by Gasteiger charge is -2.06. The number of ether oxygens (including phenoxy) is 1. The molecule has 10 heteroatoms. The summed E-state index contributed by atoms with van der Waals surface area (Å²) in [7, 11) is 0. The van der Waals surface area contributed by atoms with Gasteiger partial charge >= 0.3 is 12.1 Å². The summed E-state index contributed by atoms with van der Waals surface area (Å²) in [5.41, 5.74) is 0.538. The van der Waals surface area contributed by atoms with Crippen molar-refractivity contribution < 1.29 is 27.8 Å². The number of nitrogens with zero attached hydrogens (tertiary/aromatic N) is 3. The van der Waals surface area contributed by atoms with E-state index in [1.54, 1.807) is 32.0 Å². The van der Waals surface area contributed by atoms with Gasteiger partial charge in [0.1, 0.15) is 11.4 Å². The van der Waals surface area contributed by atoms with Gasteiger partial charge in [0.15, 0.2) is 5.69 Å². The third-order valence-corrected chi connectivity index (χ3v) is 5.13. The molecule has 1 N–H and O–H groups in total. The molecule has 0 saturated heterocycles. The van der Waals surface area contributed by atoms with Crippen molar-refractivity contribution in [1.82, 2.24) is 15.0 Å². The number of thioether (sulfide) groups is 1. The first kappa shape index (κ1) is 21.7. The molecule has 0 unspecified atom stereocenters. The van der Waals surface area contributed by atoms with Crippen LogP contribution in [-0.2, 0) is 16.7 Å². The Morgan fingerprint density at radius 1 is 1.17 bits per heavy atom. The number of phenolic OH excluding ortho intramolecular Hbond substituents is 1. The molecule has 0 aliphatic heterocycles. The zero-order valence-corrected chi connectivity index (χ0v) is 16.9. The Morgan fingerprint density at radius 2 is 1.87 bits per heavy atom. The van der Waals surface area contributed by atoms with Gasteiger partial charge in [-0.2, -0.15) is 23.1 Å². The standard InChI is InChI=1S/C20H18F3N3O3S/c1-3-29-19(28)18-16(11-30-15-8-9-17(27)12(2)10-15)24-26(25-18)14-6-4-13(5-7-14)20(21,22)23/h4-10,27H,3,11H2,1-2H3. The predicted molar refractivity (Wildman–Crippen MR) is 105 cm³/mol. The fourth-order valence-corrected chi connectivity index (χ4v) is 3.48. The van der Waals surface area contributed by atoms with Gasteiger partial charge in [-0.15, -0.1) is 16.9 Å². The van der Waals surface area contributed by atoms with E-state index in [4.69, 9.17) is 4.74 Å². The van der Waals surface area contributed by atoms with Crippen LogP contribution in [0.25, 0.3) is 5.69 Å². The molecule has 1 heterocycles. The number of rotatable bonds is 6. The number of aromatic hydroxyl groups is 1. The molecule has 3 aromatic rings. The molecule has 3 rings (SSSR count). The van der Waals surface area contributed by atoms with Gasteiger partial charge < -0.3 is 9.84 Å². The minimum absolute atomic E-state index is 0.000233. The van der Waals surface area contributed by atoms with Gasteiger partial charge in [0, 0.05) is 10.6 Å². The second-order valence-electron chi connectivity index (χ2n) is 6.29. The van der Waals surface area contributed by atoms with Crippen molar-refractivity contribution in [3.8, 4) is 11.4 Å². The summed E-state index contributed by atoms with van der Waals surface area (Å²) >= 11 is 1.38. The Balaban J connectivity index is 1.88.